The van der Waals surface area contributed by atoms with Crippen LogP contribution in [0.15, 0.2) is 12.1 Å². The van der Waals surface area contributed by atoms with Crippen molar-refractivity contribution in [1.82, 2.24) is 0 Å². The van der Waals surface area contributed by atoms with Crippen molar-refractivity contribution < 1.29 is 47.7 Å². The molecule has 10 nitrogen and oxygen atoms in total. The monoisotopic (exact) mass is 456 g/mol. The van der Waals surface area contributed by atoms with Crippen molar-refractivity contribution >= 4 is 29.5 Å². The van der Waals surface area contributed by atoms with Gasteiger partial charge in [0.1, 0.15) is 0 Å². The Hall–Kier alpha value is -4.21. The normalized spacial score (nSPS) is 11.8. The average Bonchev–Trinajstić information content (AvgIpc) is 2.72. The zero-order valence-electron chi connectivity index (χ0n) is 18.7. The van der Waals surface area contributed by atoms with Crippen LogP contribution in [0, 0.1) is 6.92 Å². The van der Waals surface area contributed by atoms with E-state index in [2.05, 4.69) is 0 Å². The number of carbonyl (C=O) groups excluding carboxylic acids is 5. The Morgan fingerprint density at radius 2 is 1.12 bits per heavy atom. The van der Waals surface area contributed by atoms with E-state index >= 15 is 0 Å². The molecule has 0 fully saturated rings. The highest BCUT2D eigenvalue weighted by atomic mass is 16.6. The summed E-state index contributed by atoms with van der Waals surface area (Å²) in [6, 6.07) is 2.56. The van der Waals surface area contributed by atoms with Gasteiger partial charge in [0.25, 0.3) is 0 Å². The van der Waals surface area contributed by atoms with Crippen LogP contribution in [0.1, 0.15) is 58.2 Å². The number of carbonyl (C=O) groups is 5. The molecule has 3 rings (SSSR count). The van der Waals surface area contributed by atoms with Crippen molar-refractivity contribution in [3.63, 3.8) is 0 Å². The minimum Gasteiger partial charge on any atom is -0.492 e. The van der Waals surface area contributed by atoms with Crippen LogP contribution < -0.4 is 23.7 Å². The molecule has 172 valence electrons. The number of hydrogen-bond donors (Lipinski definition) is 0. The maximum absolute atomic E-state index is 13.7. The van der Waals surface area contributed by atoms with Crippen molar-refractivity contribution in [2.24, 2.45) is 0 Å². The Morgan fingerprint density at radius 1 is 0.636 bits per heavy atom. The quantitative estimate of drug-likeness (QED) is 0.417. The highest BCUT2D eigenvalue weighted by molar-refractivity contribution is 6.31. The van der Waals surface area contributed by atoms with Gasteiger partial charge in [0.15, 0.2) is 28.8 Å². The number of hydrogen-bond acceptors (Lipinski definition) is 10. The lowest BCUT2D eigenvalue weighted by Crippen LogP contribution is -2.25. The van der Waals surface area contributed by atoms with E-state index in [0.717, 1.165) is 13.8 Å². The number of aryl methyl sites for hydroxylation is 1. The molecule has 2 aromatic carbocycles. The third kappa shape index (κ3) is 4.02. The molecule has 0 amide bonds. The average molecular weight is 456 g/mol. The Morgan fingerprint density at radius 3 is 1.64 bits per heavy atom. The lowest BCUT2D eigenvalue weighted by atomic mass is 9.81. The summed E-state index contributed by atoms with van der Waals surface area (Å²) in [6.07, 6.45) is 0. The molecule has 0 aliphatic heterocycles. The van der Waals surface area contributed by atoms with Crippen molar-refractivity contribution in [3.8, 4) is 28.7 Å². The number of benzene rings is 2. The molecule has 0 radical (unpaired) electrons. The largest absolute Gasteiger partial charge is 0.492 e. The molecule has 0 N–H and O–H groups in total. The van der Waals surface area contributed by atoms with E-state index in [1.165, 1.54) is 40.2 Å². The summed E-state index contributed by atoms with van der Waals surface area (Å²) in [5.74, 6) is -4.43. The summed E-state index contributed by atoms with van der Waals surface area (Å²) in [5.41, 5.74) is -0.364. The van der Waals surface area contributed by atoms with Crippen molar-refractivity contribution in [3.05, 3.63) is 39.9 Å². The van der Waals surface area contributed by atoms with Crippen LogP contribution in [-0.4, -0.2) is 43.7 Å². The summed E-state index contributed by atoms with van der Waals surface area (Å²) >= 11 is 0. The van der Waals surface area contributed by atoms with E-state index in [1.54, 1.807) is 0 Å². The number of ether oxygens (including phenoxy) is 5. The van der Waals surface area contributed by atoms with Gasteiger partial charge in [-0.25, -0.2) is 0 Å². The molecule has 0 heterocycles. The second-order valence-electron chi connectivity index (χ2n) is 7.08. The van der Waals surface area contributed by atoms with Gasteiger partial charge < -0.3 is 23.7 Å². The van der Waals surface area contributed by atoms with Crippen molar-refractivity contribution in [2.45, 2.75) is 27.7 Å². The van der Waals surface area contributed by atoms with E-state index in [1.807, 2.05) is 0 Å². The van der Waals surface area contributed by atoms with Gasteiger partial charge in [0, 0.05) is 31.9 Å². The SMILES string of the molecule is COc1c(OC(C)=O)cc2c(c1OC)C(=O)c1c(cc(C)c(OC(C)=O)c1OC(C)=O)C2=O. The maximum Gasteiger partial charge on any atom is 0.308 e. The fourth-order valence-corrected chi connectivity index (χ4v) is 3.60. The lowest BCUT2D eigenvalue weighted by Gasteiger charge is -2.25. The minimum atomic E-state index is -0.794. The summed E-state index contributed by atoms with van der Waals surface area (Å²) in [5, 5.41) is 0. The lowest BCUT2D eigenvalue weighted by molar-refractivity contribution is -0.134. The second-order valence-corrected chi connectivity index (χ2v) is 7.08. The summed E-state index contributed by atoms with van der Waals surface area (Å²) < 4.78 is 26.2. The van der Waals surface area contributed by atoms with Crippen molar-refractivity contribution in [1.29, 1.82) is 0 Å². The molecule has 0 bridgehead atoms. The van der Waals surface area contributed by atoms with E-state index in [9.17, 15) is 24.0 Å². The van der Waals surface area contributed by atoms with Gasteiger partial charge in [-0.05, 0) is 24.6 Å². The highest BCUT2D eigenvalue weighted by Crippen LogP contribution is 2.49. The number of ketones is 2. The van der Waals surface area contributed by atoms with Crippen LogP contribution in [0.4, 0.5) is 0 Å². The smallest absolute Gasteiger partial charge is 0.308 e. The first-order valence-corrected chi connectivity index (χ1v) is 9.62. The van der Waals surface area contributed by atoms with Gasteiger partial charge in [-0.15, -0.1) is 0 Å². The number of fused-ring (bicyclic) bond motifs is 2. The highest BCUT2D eigenvalue weighted by Gasteiger charge is 2.40. The number of methoxy groups -OCH3 is 2. The minimum absolute atomic E-state index is 0.0850. The van der Waals surface area contributed by atoms with Crippen LogP contribution in [0.25, 0.3) is 0 Å². The predicted octanol–water partition coefficient (Wildman–Crippen LogP) is 2.56. The first-order valence-electron chi connectivity index (χ1n) is 9.62. The van der Waals surface area contributed by atoms with E-state index in [-0.39, 0.29) is 56.6 Å². The molecule has 0 aromatic heterocycles. The molecule has 0 unspecified atom stereocenters. The van der Waals surface area contributed by atoms with Crippen LogP contribution >= 0.6 is 0 Å². The van der Waals surface area contributed by atoms with Gasteiger partial charge in [0.2, 0.25) is 11.5 Å². The topological polar surface area (TPSA) is 132 Å². The molecule has 0 saturated heterocycles. The molecule has 0 atom stereocenters. The second kappa shape index (κ2) is 8.73. The predicted molar refractivity (Wildman–Crippen MR) is 112 cm³/mol. The van der Waals surface area contributed by atoms with Crippen LogP contribution in [0.2, 0.25) is 0 Å². The molecule has 1 aliphatic carbocycles. The Labute approximate surface area is 188 Å². The third-order valence-electron chi connectivity index (χ3n) is 4.72. The Kier molecular flexibility index (Phi) is 6.21. The molecule has 0 saturated carbocycles. The summed E-state index contributed by atoms with van der Waals surface area (Å²) in [6.45, 7) is 4.93. The molecular weight excluding hydrogens is 436 g/mol. The third-order valence-corrected chi connectivity index (χ3v) is 4.72. The van der Waals surface area contributed by atoms with Gasteiger partial charge in [-0.2, -0.15) is 0 Å². The molecular formula is C23H20O10. The standard InChI is InChI=1S/C23H20O10/c1-9-7-13-17(23(33-12(4)26)20(9)32-11(3)25)19(28)16-14(18(13)27)8-15(31-10(2)24)21(29-5)22(16)30-6/h7-8H,1-6H3. The van der Waals surface area contributed by atoms with E-state index in [4.69, 9.17) is 23.7 Å². The first kappa shape index (κ1) is 23.5. The van der Waals surface area contributed by atoms with E-state index < -0.39 is 29.5 Å². The Bertz CT molecular complexity index is 1240. The van der Waals surface area contributed by atoms with Gasteiger partial charge in [-0.1, -0.05) is 0 Å². The van der Waals surface area contributed by atoms with Crippen LogP contribution in [-0.2, 0) is 14.4 Å². The van der Waals surface area contributed by atoms with E-state index in [0.29, 0.717) is 0 Å². The molecule has 2 aromatic rings. The van der Waals surface area contributed by atoms with Crippen LogP contribution in [0.3, 0.4) is 0 Å². The van der Waals surface area contributed by atoms with Gasteiger partial charge in [-0.3, -0.25) is 24.0 Å². The number of esters is 3. The van der Waals surface area contributed by atoms with Crippen molar-refractivity contribution in [2.75, 3.05) is 14.2 Å². The fraction of sp³-hybridized carbons (Fsp3) is 0.261. The maximum atomic E-state index is 13.7. The fourth-order valence-electron chi connectivity index (χ4n) is 3.60. The van der Waals surface area contributed by atoms with Crippen LogP contribution in [0.5, 0.6) is 28.7 Å². The number of rotatable bonds is 5. The zero-order chi connectivity index (χ0) is 24.6. The van der Waals surface area contributed by atoms with Gasteiger partial charge >= 0.3 is 17.9 Å². The Balaban J connectivity index is 2.41. The molecule has 1 aliphatic rings. The summed E-state index contributed by atoms with van der Waals surface area (Å²) in [7, 11) is 2.52. The molecule has 10 heteroatoms. The zero-order valence-corrected chi connectivity index (χ0v) is 18.7. The molecule has 0 spiro atoms. The molecule has 33 heavy (non-hydrogen) atoms. The first-order chi connectivity index (χ1) is 15.5. The van der Waals surface area contributed by atoms with Gasteiger partial charge in [0.05, 0.1) is 25.3 Å². The summed E-state index contributed by atoms with van der Waals surface area (Å²) in [4.78, 5) is 62.1.